The Balaban J connectivity index is 1.94. The average Bonchev–Trinajstić information content (AvgIpc) is 2.42. The van der Waals surface area contributed by atoms with Gasteiger partial charge in [0.1, 0.15) is 0 Å². The molecule has 0 bridgehead atoms. The lowest BCUT2D eigenvalue weighted by Gasteiger charge is -2.09. The predicted octanol–water partition coefficient (Wildman–Crippen LogP) is 3.14. The molecule has 0 saturated heterocycles. The maximum absolute atomic E-state index is 10.7. The smallest absolute Gasteiger partial charge is 0.269 e. The van der Waals surface area contributed by atoms with Crippen LogP contribution in [0, 0.1) is 17.0 Å². The minimum atomic E-state index is -0.384. The third kappa shape index (κ3) is 3.47. The summed E-state index contributed by atoms with van der Waals surface area (Å²) in [6, 6.07) is 12.6. The van der Waals surface area contributed by atoms with Crippen LogP contribution in [-0.2, 0) is 6.42 Å². The van der Waals surface area contributed by atoms with Gasteiger partial charge in [-0.25, -0.2) is 0 Å². The van der Waals surface area contributed by atoms with E-state index >= 15 is 0 Å². The molecule has 0 heterocycles. The molecular weight excluding hydrogens is 254 g/mol. The molecule has 0 saturated carbocycles. The highest BCUT2D eigenvalue weighted by Gasteiger charge is 2.07. The van der Waals surface area contributed by atoms with Gasteiger partial charge in [0.05, 0.1) is 4.92 Å². The molecule has 2 rings (SSSR count). The predicted molar refractivity (Wildman–Crippen MR) is 80.9 cm³/mol. The molecule has 0 aromatic heterocycles. The van der Waals surface area contributed by atoms with Crippen LogP contribution in [0.25, 0.3) is 0 Å². The Kier molecular flexibility index (Phi) is 4.20. The second-order valence-corrected chi connectivity index (χ2v) is 4.67. The SMILES string of the molecule is Cc1cc([N+](=O)[O-])ccc1NCCc1ccc(N)cc1. The van der Waals surface area contributed by atoms with Crippen molar-refractivity contribution in [1.29, 1.82) is 0 Å². The van der Waals surface area contributed by atoms with Gasteiger partial charge in [0, 0.05) is 30.1 Å². The lowest BCUT2D eigenvalue weighted by atomic mass is 10.1. The van der Waals surface area contributed by atoms with E-state index < -0.39 is 0 Å². The topological polar surface area (TPSA) is 81.2 Å². The fourth-order valence-corrected chi connectivity index (χ4v) is 1.99. The third-order valence-corrected chi connectivity index (χ3v) is 3.13. The number of aryl methyl sites for hydroxylation is 1. The summed E-state index contributed by atoms with van der Waals surface area (Å²) in [6.45, 7) is 2.63. The van der Waals surface area contributed by atoms with E-state index in [2.05, 4.69) is 5.32 Å². The van der Waals surface area contributed by atoms with Crippen LogP contribution >= 0.6 is 0 Å². The van der Waals surface area contributed by atoms with Crippen molar-refractivity contribution in [3.8, 4) is 0 Å². The summed E-state index contributed by atoms with van der Waals surface area (Å²) in [5, 5.41) is 14.0. The summed E-state index contributed by atoms with van der Waals surface area (Å²) in [7, 11) is 0. The van der Waals surface area contributed by atoms with Gasteiger partial charge in [0.2, 0.25) is 0 Å². The van der Waals surface area contributed by atoms with Crippen molar-refractivity contribution in [2.75, 3.05) is 17.6 Å². The maximum Gasteiger partial charge on any atom is 0.269 e. The number of anilines is 2. The highest BCUT2D eigenvalue weighted by Crippen LogP contribution is 2.21. The monoisotopic (exact) mass is 271 g/mol. The molecule has 5 heteroatoms. The quantitative estimate of drug-likeness (QED) is 0.497. The molecule has 0 aliphatic carbocycles. The molecule has 0 radical (unpaired) electrons. The van der Waals surface area contributed by atoms with Gasteiger partial charge < -0.3 is 11.1 Å². The van der Waals surface area contributed by atoms with Gasteiger partial charge in [-0.1, -0.05) is 12.1 Å². The number of nitrogens with zero attached hydrogens (tertiary/aromatic N) is 1. The minimum absolute atomic E-state index is 0.117. The van der Waals surface area contributed by atoms with Gasteiger partial charge in [-0.15, -0.1) is 0 Å². The zero-order valence-corrected chi connectivity index (χ0v) is 11.3. The summed E-state index contributed by atoms with van der Waals surface area (Å²) >= 11 is 0. The molecule has 2 aromatic carbocycles. The number of benzene rings is 2. The van der Waals surface area contributed by atoms with Gasteiger partial charge in [-0.05, 0) is 42.7 Å². The van der Waals surface area contributed by atoms with Crippen LogP contribution in [0.15, 0.2) is 42.5 Å². The van der Waals surface area contributed by atoms with Crippen LogP contribution in [0.4, 0.5) is 17.1 Å². The van der Waals surface area contributed by atoms with E-state index in [1.165, 1.54) is 11.6 Å². The first-order chi connectivity index (χ1) is 9.56. The van der Waals surface area contributed by atoms with E-state index in [1.807, 2.05) is 31.2 Å². The lowest BCUT2D eigenvalue weighted by molar-refractivity contribution is -0.384. The number of hydrogen-bond donors (Lipinski definition) is 2. The lowest BCUT2D eigenvalue weighted by Crippen LogP contribution is -2.06. The van der Waals surface area contributed by atoms with Crippen LogP contribution in [-0.4, -0.2) is 11.5 Å². The molecule has 0 spiro atoms. The minimum Gasteiger partial charge on any atom is -0.399 e. The van der Waals surface area contributed by atoms with Crippen molar-refractivity contribution in [2.45, 2.75) is 13.3 Å². The van der Waals surface area contributed by atoms with Crippen molar-refractivity contribution >= 4 is 17.1 Å². The Labute approximate surface area is 117 Å². The number of nitro benzene ring substituents is 1. The third-order valence-electron chi connectivity index (χ3n) is 3.13. The van der Waals surface area contributed by atoms with Crippen LogP contribution in [0.1, 0.15) is 11.1 Å². The molecule has 20 heavy (non-hydrogen) atoms. The van der Waals surface area contributed by atoms with E-state index in [0.717, 1.165) is 29.9 Å². The highest BCUT2D eigenvalue weighted by molar-refractivity contribution is 5.55. The fraction of sp³-hybridized carbons (Fsp3) is 0.200. The van der Waals surface area contributed by atoms with E-state index in [0.29, 0.717) is 0 Å². The Bertz CT molecular complexity index is 609. The first kappa shape index (κ1) is 13.9. The number of nitrogens with one attached hydrogen (secondary N) is 1. The van der Waals surface area contributed by atoms with Crippen LogP contribution in [0.5, 0.6) is 0 Å². The van der Waals surface area contributed by atoms with Gasteiger partial charge in [-0.2, -0.15) is 0 Å². The van der Waals surface area contributed by atoms with Crippen LogP contribution in [0.3, 0.4) is 0 Å². The zero-order valence-electron chi connectivity index (χ0n) is 11.3. The van der Waals surface area contributed by atoms with Crippen LogP contribution in [0.2, 0.25) is 0 Å². The van der Waals surface area contributed by atoms with Crippen molar-refractivity contribution in [3.05, 3.63) is 63.7 Å². The molecule has 5 nitrogen and oxygen atoms in total. The molecule has 0 unspecified atom stereocenters. The summed E-state index contributed by atoms with van der Waals surface area (Å²) in [5.41, 5.74) is 9.50. The largest absolute Gasteiger partial charge is 0.399 e. The molecule has 0 aliphatic rings. The normalized spacial score (nSPS) is 10.2. The zero-order chi connectivity index (χ0) is 14.5. The highest BCUT2D eigenvalue weighted by atomic mass is 16.6. The number of non-ortho nitro benzene ring substituents is 1. The van der Waals surface area contributed by atoms with Gasteiger partial charge in [-0.3, -0.25) is 10.1 Å². The van der Waals surface area contributed by atoms with E-state index in [9.17, 15) is 10.1 Å². The van der Waals surface area contributed by atoms with Gasteiger partial charge >= 0.3 is 0 Å². The molecule has 0 aliphatic heterocycles. The number of rotatable bonds is 5. The first-order valence-electron chi connectivity index (χ1n) is 6.39. The molecule has 0 atom stereocenters. The summed E-state index contributed by atoms with van der Waals surface area (Å²) in [5.74, 6) is 0. The van der Waals surface area contributed by atoms with Crippen molar-refractivity contribution < 1.29 is 4.92 Å². The number of nitrogens with two attached hydrogens (primary N) is 1. The number of nitrogen functional groups attached to an aromatic ring is 1. The maximum atomic E-state index is 10.7. The average molecular weight is 271 g/mol. The van der Waals surface area contributed by atoms with Crippen molar-refractivity contribution in [3.63, 3.8) is 0 Å². The Morgan fingerprint density at radius 1 is 1.20 bits per heavy atom. The first-order valence-corrected chi connectivity index (χ1v) is 6.39. The molecular formula is C15H17N3O2. The van der Waals surface area contributed by atoms with Gasteiger partial charge in [0.25, 0.3) is 5.69 Å². The van der Waals surface area contributed by atoms with E-state index in [-0.39, 0.29) is 10.6 Å². The van der Waals surface area contributed by atoms with Crippen LogP contribution < -0.4 is 11.1 Å². The van der Waals surface area contributed by atoms with Gasteiger partial charge in [0.15, 0.2) is 0 Å². The summed E-state index contributed by atoms with van der Waals surface area (Å²) < 4.78 is 0. The van der Waals surface area contributed by atoms with Crippen molar-refractivity contribution in [2.24, 2.45) is 0 Å². The second-order valence-electron chi connectivity index (χ2n) is 4.67. The van der Waals surface area contributed by atoms with E-state index in [4.69, 9.17) is 5.73 Å². The molecule has 2 aromatic rings. The number of hydrogen-bond acceptors (Lipinski definition) is 4. The molecule has 0 amide bonds. The van der Waals surface area contributed by atoms with Crippen molar-refractivity contribution in [1.82, 2.24) is 0 Å². The molecule has 104 valence electrons. The Hall–Kier alpha value is -2.56. The Morgan fingerprint density at radius 2 is 1.90 bits per heavy atom. The Morgan fingerprint density at radius 3 is 2.50 bits per heavy atom. The number of nitro groups is 1. The summed E-state index contributed by atoms with van der Waals surface area (Å²) in [4.78, 5) is 10.3. The summed E-state index contributed by atoms with van der Waals surface area (Å²) in [6.07, 6.45) is 0.872. The molecule has 3 N–H and O–H groups in total. The molecule has 0 fully saturated rings. The second kappa shape index (κ2) is 6.06. The van der Waals surface area contributed by atoms with E-state index in [1.54, 1.807) is 12.1 Å². The standard InChI is InChI=1S/C15H17N3O2/c1-11-10-14(18(19)20)6-7-15(11)17-9-8-12-2-4-13(16)5-3-12/h2-7,10,17H,8-9,16H2,1H3. The fourth-order valence-electron chi connectivity index (χ4n) is 1.99.